The fraction of sp³-hybridized carbons (Fsp3) is 0.625. The second-order valence-electron chi connectivity index (χ2n) is 6.01. The van der Waals surface area contributed by atoms with Crippen LogP contribution >= 0.6 is 0 Å². The molecule has 0 radical (unpaired) electrons. The van der Waals surface area contributed by atoms with Crippen LogP contribution in [0.4, 0.5) is 8.78 Å². The molecule has 3 heteroatoms. The van der Waals surface area contributed by atoms with Gasteiger partial charge in [0.1, 0.15) is 11.6 Å². The van der Waals surface area contributed by atoms with Gasteiger partial charge < -0.3 is 5.32 Å². The highest BCUT2D eigenvalue weighted by Gasteiger charge is 2.40. The van der Waals surface area contributed by atoms with Gasteiger partial charge >= 0.3 is 0 Å². The number of nitrogens with one attached hydrogen (secondary N) is 1. The number of halogens is 2. The Kier molecular flexibility index (Phi) is 4.24. The molecule has 0 bridgehead atoms. The smallest absolute Gasteiger partial charge is 0.132 e. The minimum Gasteiger partial charge on any atom is -0.314 e. The summed E-state index contributed by atoms with van der Waals surface area (Å²) in [5.41, 5.74) is 0.432. The van der Waals surface area contributed by atoms with E-state index in [4.69, 9.17) is 0 Å². The van der Waals surface area contributed by atoms with Gasteiger partial charge in [-0.25, -0.2) is 8.78 Å². The second kappa shape index (κ2) is 5.58. The molecule has 106 valence electrons. The zero-order chi connectivity index (χ0) is 14.0. The Morgan fingerprint density at radius 2 is 2.11 bits per heavy atom. The highest BCUT2D eigenvalue weighted by molar-refractivity contribution is 5.34. The summed E-state index contributed by atoms with van der Waals surface area (Å²) in [6, 6.07) is 3.29. The van der Waals surface area contributed by atoms with E-state index in [9.17, 15) is 8.78 Å². The largest absolute Gasteiger partial charge is 0.314 e. The van der Waals surface area contributed by atoms with Gasteiger partial charge in [0, 0.05) is 11.6 Å². The first-order valence-electron chi connectivity index (χ1n) is 7.16. The fourth-order valence-corrected chi connectivity index (χ4v) is 3.20. The summed E-state index contributed by atoms with van der Waals surface area (Å²) in [6.07, 6.45) is 3.72. The third kappa shape index (κ3) is 2.81. The maximum absolute atomic E-state index is 14.3. The van der Waals surface area contributed by atoms with Crippen LogP contribution in [0.25, 0.3) is 0 Å². The Morgan fingerprint density at radius 3 is 2.79 bits per heavy atom. The molecule has 2 rings (SSSR count). The summed E-state index contributed by atoms with van der Waals surface area (Å²) in [4.78, 5) is 0. The van der Waals surface area contributed by atoms with Gasteiger partial charge in [0.2, 0.25) is 0 Å². The van der Waals surface area contributed by atoms with E-state index < -0.39 is 5.82 Å². The van der Waals surface area contributed by atoms with Crippen molar-refractivity contribution in [2.24, 2.45) is 0 Å². The first-order valence-corrected chi connectivity index (χ1v) is 7.16. The van der Waals surface area contributed by atoms with Crippen molar-refractivity contribution in [1.29, 1.82) is 0 Å². The predicted molar refractivity (Wildman–Crippen MR) is 74.4 cm³/mol. The normalized spacial score (nSPS) is 26.9. The summed E-state index contributed by atoms with van der Waals surface area (Å²) in [7, 11) is 0. The lowest BCUT2D eigenvalue weighted by Crippen LogP contribution is -2.30. The van der Waals surface area contributed by atoms with Crippen molar-refractivity contribution in [2.75, 3.05) is 6.54 Å². The Labute approximate surface area is 114 Å². The van der Waals surface area contributed by atoms with E-state index in [-0.39, 0.29) is 16.8 Å². The number of hydrogen-bond donors (Lipinski definition) is 1. The molecule has 1 fully saturated rings. The highest BCUT2D eigenvalue weighted by atomic mass is 19.1. The molecule has 0 heterocycles. The van der Waals surface area contributed by atoms with Gasteiger partial charge in [-0.3, -0.25) is 0 Å². The zero-order valence-electron chi connectivity index (χ0n) is 12.0. The summed E-state index contributed by atoms with van der Waals surface area (Å²) in [6.45, 7) is 6.78. The lowest BCUT2D eigenvalue weighted by molar-refractivity contribution is 0.406. The molecule has 0 spiro atoms. The van der Waals surface area contributed by atoms with E-state index in [0.717, 1.165) is 32.2 Å². The van der Waals surface area contributed by atoms with Crippen molar-refractivity contribution in [2.45, 2.75) is 57.9 Å². The van der Waals surface area contributed by atoms with Crippen molar-refractivity contribution in [3.63, 3.8) is 0 Å². The molecule has 1 aliphatic carbocycles. The first kappa shape index (κ1) is 14.4. The Balaban J connectivity index is 2.25. The zero-order valence-corrected chi connectivity index (χ0v) is 12.0. The van der Waals surface area contributed by atoms with Crippen LogP contribution in [0, 0.1) is 18.6 Å². The van der Waals surface area contributed by atoms with Crippen LogP contribution in [0.1, 0.15) is 50.7 Å². The molecule has 19 heavy (non-hydrogen) atoms. The molecule has 1 aromatic rings. The molecule has 1 N–H and O–H groups in total. The minimum atomic E-state index is -0.401. The SMILES string of the molecule is CCCNC1CCC(C)(c2c(F)ccc(C)c2F)C1. The predicted octanol–water partition coefficient (Wildman–Crippen LogP) is 4.08. The maximum atomic E-state index is 14.3. The van der Waals surface area contributed by atoms with Crippen LogP contribution < -0.4 is 5.32 Å². The van der Waals surface area contributed by atoms with Crippen LogP contribution in [-0.2, 0) is 5.41 Å². The second-order valence-corrected chi connectivity index (χ2v) is 6.01. The van der Waals surface area contributed by atoms with Crippen molar-refractivity contribution in [3.8, 4) is 0 Å². The molecular formula is C16H23F2N. The number of aryl methyl sites for hydroxylation is 1. The van der Waals surface area contributed by atoms with Crippen molar-refractivity contribution in [3.05, 3.63) is 34.9 Å². The number of rotatable bonds is 4. The summed E-state index contributed by atoms with van der Waals surface area (Å²) in [5.74, 6) is -0.764. The van der Waals surface area contributed by atoms with Crippen LogP contribution in [0.2, 0.25) is 0 Å². The summed E-state index contributed by atoms with van der Waals surface area (Å²) in [5, 5.41) is 3.46. The Bertz CT molecular complexity index is 458. The van der Waals surface area contributed by atoms with Crippen LogP contribution in [-0.4, -0.2) is 12.6 Å². The highest BCUT2D eigenvalue weighted by Crippen LogP contribution is 2.43. The van der Waals surface area contributed by atoms with E-state index >= 15 is 0 Å². The van der Waals surface area contributed by atoms with Gasteiger partial charge in [0.15, 0.2) is 0 Å². The fourth-order valence-electron chi connectivity index (χ4n) is 3.20. The summed E-state index contributed by atoms with van der Waals surface area (Å²) < 4.78 is 28.3. The molecular weight excluding hydrogens is 244 g/mol. The van der Waals surface area contributed by atoms with Gasteiger partial charge in [0.05, 0.1) is 0 Å². The molecule has 2 atom stereocenters. The van der Waals surface area contributed by atoms with Gasteiger partial charge in [-0.2, -0.15) is 0 Å². The molecule has 0 saturated heterocycles. The van der Waals surface area contributed by atoms with E-state index in [1.165, 1.54) is 12.1 Å². The molecule has 0 aliphatic heterocycles. The minimum absolute atomic E-state index is 0.285. The van der Waals surface area contributed by atoms with Crippen LogP contribution in [0.5, 0.6) is 0 Å². The molecule has 0 aromatic heterocycles. The van der Waals surface area contributed by atoms with Crippen molar-refractivity contribution < 1.29 is 8.78 Å². The standard InChI is InChI=1S/C16H23F2N/c1-4-9-19-12-7-8-16(3,10-12)14-13(17)6-5-11(2)15(14)18/h5-6,12,19H,4,7-10H2,1-3H3. The van der Waals surface area contributed by atoms with Crippen molar-refractivity contribution >= 4 is 0 Å². The van der Waals surface area contributed by atoms with E-state index in [0.29, 0.717) is 11.6 Å². The molecule has 1 saturated carbocycles. The van der Waals surface area contributed by atoms with Crippen molar-refractivity contribution in [1.82, 2.24) is 5.32 Å². The van der Waals surface area contributed by atoms with E-state index in [1.807, 2.05) is 6.92 Å². The van der Waals surface area contributed by atoms with E-state index in [1.54, 1.807) is 6.92 Å². The molecule has 1 aromatic carbocycles. The number of benzene rings is 1. The average molecular weight is 267 g/mol. The Hall–Kier alpha value is -0.960. The molecule has 2 unspecified atom stereocenters. The maximum Gasteiger partial charge on any atom is 0.132 e. The van der Waals surface area contributed by atoms with Gasteiger partial charge in [-0.1, -0.05) is 19.9 Å². The van der Waals surface area contributed by atoms with Crippen LogP contribution in [0.15, 0.2) is 12.1 Å². The van der Waals surface area contributed by atoms with Crippen LogP contribution in [0.3, 0.4) is 0 Å². The molecule has 1 nitrogen and oxygen atoms in total. The lowest BCUT2D eigenvalue weighted by Gasteiger charge is -2.26. The molecule has 1 aliphatic rings. The third-order valence-electron chi connectivity index (χ3n) is 4.31. The summed E-state index contributed by atoms with van der Waals surface area (Å²) >= 11 is 0. The van der Waals surface area contributed by atoms with Gasteiger partial charge in [-0.15, -0.1) is 0 Å². The third-order valence-corrected chi connectivity index (χ3v) is 4.31. The first-order chi connectivity index (χ1) is 8.98. The quantitative estimate of drug-likeness (QED) is 0.866. The Morgan fingerprint density at radius 1 is 1.37 bits per heavy atom. The monoisotopic (exact) mass is 267 g/mol. The molecule has 0 amide bonds. The van der Waals surface area contributed by atoms with E-state index in [2.05, 4.69) is 12.2 Å². The van der Waals surface area contributed by atoms with Gasteiger partial charge in [-0.05, 0) is 56.2 Å². The number of hydrogen-bond acceptors (Lipinski definition) is 1. The average Bonchev–Trinajstić information content (AvgIpc) is 2.74. The topological polar surface area (TPSA) is 12.0 Å². The van der Waals surface area contributed by atoms with Gasteiger partial charge in [0.25, 0.3) is 0 Å². The lowest BCUT2D eigenvalue weighted by atomic mass is 9.79.